The number of nitrogens with zero attached hydrogens (tertiary/aromatic N) is 3. The standard InChI is InChI=1S/C12H22N4O/c1-3-5-8-16(4-2)12-15-14-11(17-12)9-13-10-6-7-10/h10,13H,3-9H2,1-2H3. The fourth-order valence-electron chi connectivity index (χ4n) is 1.70. The molecular formula is C12H22N4O. The van der Waals surface area contributed by atoms with Crippen LogP contribution in [-0.4, -0.2) is 29.3 Å². The Morgan fingerprint density at radius 2 is 2.18 bits per heavy atom. The number of hydrogen-bond donors (Lipinski definition) is 1. The molecule has 0 saturated heterocycles. The maximum Gasteiger partial charge on any atom is 0.318 e. The number of unbranched alkanes of at least 4 members (excludes halogenated alkanes) is 1. The van der Waals surface area contributed by atoms with E-state index in [0.717, 1.165) is 19.5 Å². The third-order valence-corrected chi connectivity index (χ3v) is 3.01. The SMILES string of the molecule is CCCCN(CC)c1nnc(CNC2CC2)o1. The molecule has 1 aliphatic carbocycles. The third kappa shape index (κ3) is 3.70. The van der Waals surface area contributed by atoms with Crippen LogP contribution in [0.15, 0.2) is 4.42 Å². The third-order valence-electron chi connectivity index (χ3n) is 3.01. The smallest absolute Gasteiger partial charge is 0.318 e. The summed E-state index contributed by atoms with van der Waals surface area (Å²) in [5, 5.41) is 11.6. The minimum Gasteiger partial charge on any atom is -0.407 e. The normalized spacial score (nSPS) is 15.2. The number of anilines is 1. The molecule has 0 amide bonds. The molecule has 1 saturated carbocycles. The van der Waals surface area contributed by atoms with Crippen molar-refractivity contribution in [2.24, 2.45) is 0 Å². The zero-order chi connectivity index (χ0) is 12.1. The molecule has 2 rings (SSSR count). The summed E-state index contributed by atoms with van der Waals surface area (Å²) in [7, 11) is 0. The van der Waals surface area contributed by atoms with Crippen molar-refractivity contribution in [1.82, 2.24) is 15.5 Å². The van der Waals surface area contributed by atoms with Gasteiger partial charge in [0, 0.05) is 19.1 Å². The molecule has 0 spiro atoms. The average molecular weight is 238 g/mol. The van der Waals surface area contributed by atoms with Crippen molar-refractivity contribution >= 4 is 6.01 Å². The van der Waals surface area contributed by atoms with Gasteiger partial charge >= 0.3 is 6.01 Å². The quantitative estimate of drug-likeness (QED) is 0.750. The summed E-state index contributed by atoms with van der Waals surface area (Å²) in [6.45, 7) is 6.90. The predicted octanol–water partition coefficient (Wildman–Crippen LogP) is 1.95. The van der Waals surface area contributed by atoms with E-state index in [-0.39, 0.29) is 0 Å². The van der Waals surface area contributed by atoms with Crippen molar-refractivity contribution in [3.8, 4) is 0 Å². The van der Waals surface area contributed by atoms with Crippen LogP contribution >= 0.6 is 0 Å². The van der Waals surface area contributed by atoms with Crippen molar-refractivity contribution < 1.29 is 4.42 Å². The fourth-order valence-corrected chi connectivity index (χ4v) is 1.70. The molecule has 0 radical (unpaired) electrons. The van der Waals surface area contributed by atoms with Crippen molar-refractivity contribution in [2.75, 3.05) is 18.0 Å². The summed E-state index contributed by atoms with van der Waals surface area (Å²) in [5.74, 6) is 0.696. The van der Waals surface area contributed by atoms with Crippen LogP contribution in [0.2, 0.25) is 0 Å². The molecule has 1 aliphatic rings. The van der Waals surface area contributed by atoms with Crippen molar-refractivity contribution in [2.45, 2.75) is 52.1 Å². The lowest BCUT2D eigenvalue weighted by Gasteiger charge is -2.16. The highest BCUT2D eigenvalue weighted by Gasteiger charge is 2.21. The lowest BCUT2D eigenvalue weighted by atomic mass is 10.3. The number of hydrogen-bond acceptors (Lipinski definition) is 5. The maximum atomic E-state index is 5.65. The van der Waals surface area contributed by atoms with Crippen LogP contribution in [0, 0.1) is 0 Å². The van der Waals surface area contributed by atoms with E-state index in [1.165, 1.54) is 19.3 Å². The second-order valence-electron chi connectivity index (χ2n) is 4.57. The molecule has 0 bridgehead atoms. The number of rotatable bonds is 8. The van der Waals surface area contributed by atoms with Crippen LogP contribution in [0.1, 0.15) is 45.4 Å². The van der Waals surface area contributed by atoms with Crippen LogP contribution < -0.4 is 10.2 Å². The molecule has 1 fully saturated rings. The molecule has 0 aromatic carbocycles. The predicted molar refractivity (Wildman–Crippen MR) is 67.0 cm³/mol. The highest BCUT2D eigenvalue weighted by atomic mass is 16.4. The van der Waals surface area contributed by atoms with Crippen molar-refractivity contribution in [3.63, 3.8) is 0 Å². The highest BCUT2D eigenvalue weighted by molar-refractivity contribution is 5.23. The first kappa shape index (κ1) is 12.4. The van der Waals surface area contributed by atoms with E-state index in [0.29, 0.717) is 24.5 Å². The van der Waals surface area contributed by atoms with Crippen LogP contribution in [0.25, 0.3) is 0 Å². The van der Waals surface area contributed by atoms with Gasteiger partial charge in [-0.05, 0) is 26.2 Å². The van der Waals surface area contributed by atoms with E-state index in [4.69, 9.17) is 4.42 Å². The molecule has 0 aliphatic heterocycles. The lowest BCUT2D eigenvalue weighted by Crippen LogP contribution is -2.24. The first-order valence-corrected chi connectivity index (χ1v) is 6.64. The van der Waals surface area contributed by atoms with Crippen LogP contribution in [0.4, 0.5) is 6.01 Å². The summed E-state index contributed by atoms with van der Waals surface area (Å²) in [4.78, 5) is 2.14. The van der Waals surface area contributed by atoms with Crippen LogP contribution in [0.3, 0.4) is 0 Å². The Morgan fingerprint density at radius 1 is 1.35 bits per heavy atom. The summed E-state index contributed by atoms with van der Waals surface area (Å²) >= 11 is 0. The van der Waals surface area contributed by atoms with E-state index in [9.17, 15) is 0 Å². The molecule has 1 N–H and O–H groups in total. The van der Waals surface area contributed by atoms with Crippen LogP contribution in [0.5, 0.6) is 0 Å². The van der Waals surface area contributed by atoms with Gasteiger partial charge < -0.3 is 14.6 Å². The molecule has 17 heavy (non-hydrogen) atoms. The Labute approximate surface area is 103 Å². The van der Waals surface area contributed by atoms with E-state index in [2.05, 4.69) is 34.3 Å². The Hall–Kier alpha value is -1.10. The van der Waals surface area contributed by atoms with Gasteiger partial charge in [0.15, 0.2) is 0 Å². The van der Waals surface area contributed by atoms with Gasteiger partial charge in [-0.1, -0.05) is 18.4 Å². The minimum atomic E-state index is 0.661. The zero-order valence-electron chi connectivity index (χ0n) is 10.8. The Balaban J connectivity index is 1.85. The number of aromatic nitrogens is 2. The van der Waals surface area contributed by atoms with Gasteiger partial charge in [0.25, 0.3) is 0 Å². The molecule has 0 unspecified atom stereocenters. The maximum absolute atomic E-state index is 5.65. The van der Waals surface area contributed by atoms with Gasteiger partial charge in [-0.3, -0.25) is 0 Å². The first-order chi connectivity index (χ1) is 8.33. The van der Waals surface area contributed by atoms with Crippen LogP contribution in [-0.2, 0) is 6.54 Å². The van der Waals surface area contributed by atoms with Gasteiger partial charge in [-0.15, -0.1) is 5.10 Å². The molecular weight excluding hydrogens is 216 g/mol. The second kappa shape index (κ2) is 6.00. The first-order valence-electron chi connectivity index (χ1n) is 6.64. The molecule has 0 atom stereocenters. The lowest BCUT2D eigenvalue weighted by molar-refractivity contribution is 0.459. The largest absolute Gasteiger partial charge is 0.407 e. The summed E-state index contributed by atoms with van der Waals surface area (Å²) in [6, 6.07) is 1.33. The highest BCUT2D eigenvalue weighted by Crippen LogP contribution is 2.19. The average Bonchev–Trinajstić information content (AvgIpc) is 3.07. The Morgan fingerprint density at radius 3 is 2.82 bits per heavy atom. The Kier molecular flexibility index (Phi) is 4.36. The summed E-state index contributed by atoms with van der Waals surface area (Å²) in [5.41, 5.74) is 0. The topological polar surface area (TPSA) is 54.2 Å². The molecule has 5 heteroatoms. The van der Waals surface area contributed by atoms with E-state index < -0.39 is 0 Å². The van der Waals surface area contributed by atoms with Gasteiger partial charge in [0.1, 0.15) is 0 Å². The van der Waals surface area contributed by atoms with Gasteiger partial charge in [-0.2, -0.15) is 0 Å². The minimum absolute atomic E-state index is 0.661. The second-order valence-corrected chi connectivity index (χ2v) is 4.57. The molecule has 96 valence electrons. The Bertz CT molecular complexity index is 335. The molecule has 1 heterocycles. The van der Waals surface area contributed by atoms with Gasteiger partial charge in [-0.25, -0.2) is 0 Å². The van der Waals surface area contributed by atoms with Crippen molar-refractivity contribution in [3.05, 3.63) is 5.89 Å². The van der Waals surface area contributed by atoms with Gasteiger partial charge in [0.2, 0.25) is 5.89 Å². The fraction of sp³-hybridized carbons (Fsp3) is 0.833. The monoisotopic (exact) mass is 238 g/mol. The molecule has 1 aromatic heterocycles. The van der Waals surface area contributed by atoms with E-state index >= 15 is 0 Å². The molecule has 5 nitrogen and oxygen atoms in total. The molecule has 1 aromatic rings. The van der Waals surface area contributed by atoms with E-state index in [1.54, 1.807) is 0 Å². The van der Waals surface area contributed by atoms with Crippen molar-refractivity contribution in [1.29, 1.82) is 0 Å². The van der Waals surface area contributed by atoms with E-state index in [1.807, 2.05) is 0 Å². The summed E-state index contributed by atoms with van der Waals surface area (Å²) in [6.07, 6.45) is 4.89. The zero-order valence-corrected chi connectivity index (χ0v) is 10.8. The number of nitrogens with one attached hydrogen (secondary N) is 1. The summed E-state index contributed by atoms with van der Waals surface area (Å²) < 4.78 is 5.65. The van der Waals surface area contributed by atoms with Gasteiger partial charge in [0.05, 0.1) is 6.54 Å².